The molecule has 0 saturated carbocycles. The summed E-state index contributed by atoms with van der Waals surface area (Å²) in [5.74, 6) is -0.0637. The average Bonchev–Trinajstić information content (AvgIpc) is 2.76. The SMILES string of the molecule is Cc1[nH]c2ccccc2c1C(=O)c1cc(Br)ccc1Cl. The monoisotopic (exact) mass is 347 g/mol. The van der Waals surface area contributed by atoms with E-state index in [1.807, 2.05) is 37.3 Å². The molecule has 0 aliphatic rings. The zero-order chi connectivity index (χ0) is 14.3. The smallest absolute Gasteiger partial charge is 0.196 e. The number of nitrogens with one attached hydrogen (secondary N) is 1. The van der Waals surface area contributed by atoms with Crippen LogP contribution in [-0.4, -0.2) is 10.8 Å². The van der Waals surface area contributed by atoms with E-state index in [4.69, 9.17) is 11.6 Å². The van der Waals surface area contributed by atoms with Crippen LogP contribution in [0.4, 0.5) is 0 Å². The minimum Gasteiger partial charge on any atom is -0.358 e. The zero-order valence-electron chi connectivity index (χ0n) is 10.7. The van der Waals surface area contributed by atoms with Crippen LogP contribution in [0.3, 0.4) is 0 Å². The minimum atomic E-state index is -0.0637. The van der Waals surface area contributed by atoms with Gasteiger partial charge in [-0.2, -0.15) is 0 Å². The van der Waals surface area contributed by atoms with Gasteiger partial charge in [-0.25, -0.2) is 0 Å². The molecule has 0 aliphatic heterocycles. The van der Waals surface area contributed by atoms with Crippen LogP contribution in [0.5, 0.6) is 0 Å². The lowest BCUT2D eigenvalue weighted by atomic mass is 10.0. The Balaban J connectivity index is 2.22. The molecule has 20 heavy (non-hydrogen) atoms. The third-order valence-corrected chi connectivity index (χ3v) is 4.12. The first kappa shape index (κ1) is 13.4. The molecule has 0 atom stereocenters. The van der Waals surface area contributed by atoms with Crippen LogP contribution >= 0.6 is 27.5 Å². The summed E-state index contributed by atoms with van der Waals surface area (Å²) in [6.45, 7) is 1.90. The molecule has 0 radical (unpaired) electrons. The maximum absolute atomic E-state index is 12.8. The molecule has 3 aromatic rings. The van der Waals surface area contributed by atoms with E-state index in [9.17, 15) is 4.79 Å². The number of aromatic amines is 1. The summed E-state index contributed by atoms with van der Waals surface area (Å²) in [5, 5.41) is 1.38. The van der Waals surface area contributed by atoms with E-state index in [1.54, 1.807) is 12.1 Å². The number of aryl methyl sites for hydroxylation is 1. The van der Waals surface area contributed by atoms with Gasteiger partial charge in [-0.15, -0.1) is 0 Å². The van der Waals surface area contributed by atoms with Gasteiger partial charge in [-0.3, -0.25) is 4.79 Å². The molecule has 0 bridgehead atoms. The van der Waals surface area contributed by atoms with Crippen LogP contribution in [-0.2, 0) is 0 Å². The van der Waals surface area contributed by atoms with Gasteiger partial charge in [0.1, 0.15) is 0 Å². The number of carbonyl (C=O) groups is 1. The van der Waals surface area contributed by atoms with Crippen molar-refractivity contribution in [2.75, 3.05) is 0 Å². The second kappa shape index (κ2) is 5.08. The lowest BCUT2D eigenvalue weighted by Gasteiger charge is -2.05. The number of carbonyl (C=O) groups excluding carboxylic acids is 1. The maximum atomic E-state index is 12.8. The summed E-state index contributed by atoms with van der Waals surface area (Å²) in [6, 6.07) is 13.1. The third kappa shape index (κ3) is 2.17. The fraction of sp³-hybridized carbons (Fsp3) is 0.0625. The Morgan fingerprint density at radius 1 is 1.20 bits per heavy atom. The Labute approximate surface area is 129 Å². The van der Waals surface area contributed by atoms with Crippen molar-refractivity contribution in [3.05, 3.63) is 68.8 Å². The minimum absolute atomic E-state index is 0.0637. The van der Waals surface area contributed by atoms with Crippen molar-refractivity contribution in [3.8, 4) is 0 Å². The van der Waals surface area contributed by atoms with Gasteiger partial charge in [-0.1, -0.05) is 45.7 Å². The number of H-pyrrole nitrogens is 1. The van der Waals surface area contributed by atoms with Crippen molar-refractivity contribution in [1.29, 1.82) is 0 Å². The molecule has 1 heterocycles. The molecule has 0 saturated heterocycles. The number of hydrogen-bond donors (Lipinski definition) is 1. The average molecular weight is 349 g/mol. The maximum Gasteiger partial charge on any atom is 0.196 e. The first-order valence-electron chi connectivity index (χ1n) is 6.15. The van der Waals surface area contributed by atoms with Crippen LogP contribution < -0.4 is 0 Å². The number of rotatable bonds is 2. The van der Waals surface area contributed by atoms with E-state index >= 15 is 0 Å². The number of fused-ring (bicyclic) bond motifs is 1. The number of ketones is 1. The molecule has 0 fully saturated rings. The van der Waals surface area contributed by atoms with E-state index in [2.05, 4.69) is 20.9 Å². The van der Waals surface area contributed by atoms with Crippen molar-refractivity contribution in [2.24, 2.45) is 0 Å². The van der Waals surface area contributed by atoms with Crippen molar-refractivity contribution in [2.45, 2.75) is 6.92 Å². The Morgan fingerprint density at radius 2 is 1.95 bits per heavy atom. The molecule has 0 spiro atoms. The summed E-state index contributed by atoms with van der Waals surface area (Å²) in [5.41, 5.74) is 3.00. The van der Waals surface area contributed by atoms with Crippen LogP contribution in [0.25, 0.3) is 10.9 Å². The number of benzene rings is 2. The quantitative estimate of drug-likeness (QED) is 0.640. The van der Waals surface area contributed by atoms with Crippen LogP contribution in [0.1, 0.15) is 21.6 Å². The topological polar surface area (TPSA) is 32.9 Å². The van der Waals surface area contributed by atoms with Gasteiger partial charge in [0, 0.05) is 26.6 Å². The van der Waals surface area contributed by atoms with Gasteiger partial charge in [0.05, 0.1) is 10.6 Å². The molecule has 2 aromatic carbocycles. The highest BCUT2D eigenvalue weighted by Crippen LogP contribution is 2.28. The Kier molecular flexibility index (Phi) is 3.40. The first-order chi connectivity index (χ1) is 9.58. The number of hydrogen-bond acceptors (Lipinski definition) is 1. The van der Waals surface area contributed by atoms with Gasteiger partial charge in [0.2, 0.25) is 0 Å². The summed E-state index contributed by atoms with van der Waals surface area (Å²) in [6.07, 6.45) is 0. The summed E-state index contributed by atoms with van der Waals surface area (Å²) in [7, 11) is 0. The lowest BCUT2D eigenvalue weighted by molar-refractivity contribution is 0.104. The molecule has 2 nitrogen and oxygen atoms in total. The normalized spacial score (nSPS) is 10.9. The lowest BCUT2D eigenvalue weighted by Crippen LogP contribution is -2.03. The molecule has 100 valence electrons. The molecule has 3 rings (SSSR count). The molecular weight excluding hydrogens is 338 g/mol. The summed E-state index contributed by atoms with van der Waals surface area (Å²) in [4.78, 5) is 16.0. The van der Waals surface area contributed by atoms with E-state index in [0.29, 0.717) is 16.1 Å². The van der Waals surface area contributed by atoms with Crippen molar-refractivity contribution in [1.82, 2.24) is 4.98 Å². The van der Waals surface area contributed by atoms with Crippen molar-refractivity contribution < 1.29 is 4.79 Å². The second-order valence-corrected chi connectivity index (χ2v) is 5.95. The van der Waals surface area contributed by atoms with E-state index in [0.717, 1.165) is 21.1 Å². The fourth-order valence-electron chi connectivity index (χ4n) is 2.38. The predicted octanol–water partition coefficient (Wildman–Crippen LogP) is 5.12. The zero-order valence-corrected chi connectivity index (χ0v) is 13.0. The molecule has 1 N–H and O–H groups in total. The highest BCUT2D eigenvalue weighted by Gasteiger charge is 2.19. The van der Waals surface area contributed by atoms with Gasteiger partial charge < -0.3 is 4.98 Å². The number of aromatic nitrogens is 1. The fourth-order valence-corrected chi connectivity index (χ4v) is 2.94. The Morgan fingerprint density at radius 3 is 2.75 bits per heavy atom. The highest BCUT2D eigenvalue weighted by molar-refractivity contribution is 9.10. The second-order valence-electron chi connectivity index (χ2n) is 4.62. The van der Waals surface area contributed by atoms with E-state index in [1.165, 1.54) is 0 Å². The number of para-hydroxylation sites is 1. The third-order valence-electron chi connectivity index (χ3n) is 3.29. The van der Waals surface area contributed by atoms with Crippen LogP contribution in [0.15, 0.2) is 46.9 Å². The highest BCUT2D eigenvalue weighted by atomic mass is 79.9. The standard InChI is InChI=1S/C16H11BrClNO/c1-9-15(11-4-2-3-5-14(11)19-9)16(20)12-8-10(17)6-7-13(12)18/h2-8,19H,1H3. The van der Waals surface area contributed by atoms with Crippen molar-refractivity contribution in [3.63, 3.8) is 0 Å². The molecular formula is C16H11BrClNO. The number of halogens is 2. The molecule has 4 heteroatoms. The molecule has 1 aromatic heterocycles. The first-order valence-corrected chi connectivity index (χ1v) is 7.32. The van der Waals surface area contributed by atoms with E-state index < -0.39 is 0 Å². The summed E-state index contributed by atoms with van der Waals surface area (Å²) < 4.78 is 0.836. The van der Waals surface area contributed by atoms with Gasteiger partial charge >= 0.3 is 0 Å². The molecule has 0 unspecified atom stereocenters. The van der Waals surface area contributed by atoms with Crippen LogP contribution in [0.2, 0.25) is 5.02 Å². The predicted molar refractivity (Wildman–Crippen MR) is 85.6 cm³/mol. The van der Waals surface area contributed by atoms with Gasteiger partial charge in [0.15, 0.2) is 5.78 Å². The molecule has 0 amide bonds. The van der Waals surface area contributed by atoms with Crippen LogP contribution in [0, 0.1) is 6.92 Å². The summed E-state index contributed by atoms with van der Waals surface area (Å²) >= 11 is 9.54. The molecule has 0 aliphatic carbocycles. The van der Waals surface area contributed by atoms with E-state index in [-0.39, 0.29) is 5.78 Å². The van der Waals surface area contributed by atoms with Gasteiger partial charge in [-0.05, 0) is 31.2 Å². The van der Waals surface area contributed by atoms with Gasteiger partial charge in [0.25, 0.3) is 0 Å². The Bertz CT molecular complexity index is 822. The van der Waals surface area contributed by atoms with Crippen molar-refractivity contribution >= 4 is 44.2 Å². The Hall–Kier alpha value is -1.58. The largest absolute Gasteiger partial charge is 0.358 e.